The van der Waals surface area contributed by atoms with Gasteiger partial charge in [-0.15, -0.1) is 0 Å². The Labute approximate surface area is 108 Å². The van der Waals surface area contributed by atoms with Gasteiger partial charge in [-0.25, -0.2) is 0 Å². The van der Waals surface area contributed by atoms with Crippen LogP contribution < -0.4 is 10.1 Å². The fourth-order valence-electron chi connectivity index (χ4n) is 3.60. The first-order valence-corrected chi connectivity index (χ1v) is 7.05. The van der Waals surface area contributed by atoms with E-state index in [1.165, 1.54) is 18.4 Å². The van der Waals surface area contributed by atoms with Crippen molar-refractivity contribution in [2.45, 2.75) is 31.4 Å². The van der Waals surface area contributed by atoms with Crippen molar-refractivity contribution in [1.29, 1.82) is 0 Å². The molecule has 2 aliphatic carbocycles. The Morgan fingerprint density at radius 3 is 3.11 bits per heavy atom. The molecular weight excluding hydrogens is 222 g/mol. The lowest BCUT2D eigenvalue weighted by Crippen LogP contribution is -2.50. The molecule has 3 aliphatic rings. The second-order valence-electron chi connectivity index (χ2n) is 5.80. The molecule has 0 radical (unpaired) electrons. The number of hydrogen-bond acceptors (Lipinski definition) is 2. The zero-order valence-electron chi connectivity index (χ0n) is 10.5. The highest BCUT2D eigenvalue weighted by Crippen LogP contribution is 2.42. The summed E-state index contributed by atoms with van der Waals surface area (Å²) in [5.74, 6) is 2.81. The molecule has 18 heavy (non-hydrogen) atoms. The topological polar surface area (TPSA) is 21.3 Å². The maximum absolute atomic E-state index is 5.96. The molecule has 1 heterocycles. The van der Waals surface area contributed by atoms with E-state index in [4.69, 9.17) is 4.74 Å². The van der Waals surface area contributed by atoms with E-state index in [0.29, 0.717) is 12.1 Å². The molecule has 4 atom stereocenters. The standard InChI is InChI=1S/C16H19NO/c1-2-7-16-12(4-1)8-13(18-16)10-17-15-9-11-5-3-6-14(11)15/h1-4,6-7,11,13-15,17H,5,8-10H2. The zero-order chi connectivity index (χ0) is 11.9. The van der Waals surface area contributed by atoms with Crippen LogP contribution in [0.4, 0.5) is 0 Å². The molecule has 1 aliphatic heterocycles. The van der Waals surface area contributed by atoms with Crippen molar-refractivity contribution in [3.05, 3.63) is 42.0 Å². The Balaban J connectivity index is 1.31. The first-order chi connectivity index (χ1) is 8.90. The number of para-hydroxylation sites is 1. The molecule has 4 rings (SSSR count). The van der Waals surface area contributed by atoms with Gasteiger partial charge in [0, 0.05) is 19.0 Å². The minimum Gasteiger partial charge on any atom is -0.488 e. The Kier molecular flexibility index (Phi) is 2.44. The molecule has 0 aromatic heterocycles. The van der Waals surface area contributed by atoms with Gasteiger partial charge >= 0.3 is 0 Å². The molecule has 2 heteroatoms. The third-order valence-corrected chi connectivity index (χ3v) is 4.68. The van der Waals surface area contributed by atoms with Gasteiger partial charge in [-0.1, -0.05) is 30.4 Å². The highest BCUT2D eigenvalue weighted by Gasteiger charge is 2.41. The quantitative estimate of drug-likeness (QED) is 0.821. The molecule has 2 nitrogen and oxygen atoms in total. The predicted octanol–water partition coefficient (Wildman–Crippen LogP) is 2.54. The van der Waals surface area contributed by atoms with E-state index in [2.05, 4.69) is 41.7 Å². The van der Waals surface area contributed by atoms with Crippen LogP contribution in [-0.2, 0) is 6.42 Å². The van der Waals surface area contributed by atoms with Crippen molar-refractivity contribution in [3.8, 4) is 5.75 Å². The molecule has 1 N–H and O–H groups in total. The largest absolute Gasteiger partial charge is 0.488 e. The van der Waals surface area contributed by atoms with Crippen LogP contribution in [0.3, 0.4) is 0 Å². The molecule has 1 aromatic carbocycles. The lowest BCUT2D eigenvalue weighted by molar-refractivity contribution is 0.140. The minimum atomic E-state index is 0.326. The number of benzene rings is 1. The lowest BCUT2D eigenvalue weighted by Gasteiger charge is -2.41. The van der Waals surface area contributed by atoms with Crippen LogP contribution in [0.2, 0.25) is 0 Å². The highest BCUT2D eigenvalue weighted by atomic mass is 16.5. The average molecular weight is 241 g/mol. The van der Waals surface area contributed by atoms with Gasteiger partial charge in [-0.2, -0.15) is 0 Å². The summed E-state index contributed by atoms with van der Waals surface area (Å²) >= 11 is 0. The summed E-state index contributed by atoms with van der Waals surface area (Å²) in [5.41, 5.74) is 1.36. The molecule has 4 unspecified atom stereocenters. The zero-order valence-corrected chi connectivity index (χ0v) is 10.5. The number of allylic oxidation sites excluding steroid dienone is 1. The Hall–Kier alpha value is -1.28. The van der Waals surface area contributed by atoms with Crippen LogP contribution in [0.15, 0.2) is 36.4 Å². The summed E-state index contributed by atoms with van der Waals surface area (Å²) in [5, 5.41) is 3.69. The van der Waals surface area contributed by atoms with E-state index in [0.717, 1.165) is 30.6 Å². The molecule has 0 spiro atoms. The molecule has 1 aromatic rings. The fraction of sp³-hybridized carbons (Fsp3) is 0.500. The maximum Gasteiger partial charge on any atom is 0.123 e. The maximum atomic E-state index is 5.96. The van der Waals surface area contributed by atoms with Gasteiger partial charge in [-0.3, -0.25) is 0 Å². The van der Waals surface area contributed by atoms with Crippen molar-refractivity contribution in [1.82, 2.24) is 5.32 Å². The molecule has 0 bridgehead atoms. The van der Waals surface area contributed by atoms with Gasteiger partial charge in [0.05, 0.1) is 0 Å². The summed E-state index contributed by atoms with van der Waals surface area (Å²) in [6, 6.07) is 9.09. The minimum absolute atomic E-state index is 0.326. The van der Waals surface area contributed by atoms with Crippen LogP contribution in [0, 0.1) is 11.8 Å². The Morgan fingerprint density at radius 2 is 2.22 bits per heavy atom. The molecule has 94 valence electrons. The summed E-state index contributed by atoms with van der Waals surface area (Å²) in [7, 11) is 0. The highest BCUT2D eigenvalue weighted by molar-refractivity contribution is 5.37. The van der Waals surface area contributed by atoms with E-state index >= 15 is 0 Å². The van der Waals surface area contributed by atoms with Crippen LogP contribution in [-0.4, -0.2) is 18.7 Å². The second-order valence-corrected chi connectivity index (χ2v) is 5.80. The van der Waals surface area contributed by atoms with Crippen molar-refractivity contribution in [2.75, 3.05) is 6.54 Å². The third kappa shape index (κ3) is 1.67. The van der Waals surface area contributed by atoms with Crippen LogP contribution in [0.25, 0.3) is 0 Å². The van der Waals surface area contributed by atoms with Gasteiger partial charge in [0.2, 0.25) is 0 Å². The third-order valence-electron chi connectivity index (χ3n) is 4.68. The number of rotatable bonds is 3. The van der Waals surface area contributed by atoms with Crippen LogP contribution in [0.1, 0.15) is 18.4 Å². The molecule has 0 saturated heterocycles. The molecule has 0 amide bonds. The van der Waals surface area contributed by atoms with Gasteiger partial charge < -0.3 is 10.1 Å². The van der Waals surface area contributed by atoms with E-state index in [-0.39, 0.29) is 0 Å². The monoisotopic (exact) mass is 241 g/mol. The van der Waals surface area contributed by atoms with E-state index in [1.54, 1.807) is 0 Å². The van der Waals surface area contributed by atoms with Gasteiger partial charge in [-0.05, 0) is 36.3 Å². The smallest absolute Gasteiger partial charge is 0.123 e. The van der Waals surface area contributed by atoms with Crippen molar-refractivity contribution >= 4 is 0 Å². The van der Waals surface area contributed by atoms with Crippen LogP contribution >= 0.6 is 0 Å². The average Bonchev–Trinajstić information content (AvgIpc) is 2.93. The number of fused-ring (bicyclic) bond motifs is 2. The summed E-state index contributed by atoms with van der Waals surface area (Å²) < 4.78 is 5.96. The van der Waals surface area contributed by atoms with Gasteiger partial charge in [0.15, 0.2) is 0 Å². The summed E-state index contributed by atoms with van der Waals surface area (Å²) in [6.07, 6.45) is 8.77. The number of ether oxygens (including phenoxy) is 1. The van der Waals surface area contributed by atoms with Crippen molar-refractivity contribution in [2.24, 2.45) is 11.8 Å². The Bertz CT molecular complexity index is 457. The molecule has 1 fully saturated rings. The number of hydrogen-bond donors (Lipinski definition) is 1. The first kappa shape index (κ1) is 10.6. The van der Waals surface area contributed by atoms with Gasteiger partial charge in [0.25, 0.3) is 0 Å². The lowest BCUT2D eigenvalue weighted by atomic mass is 9.71. The fourth-order valence-corrected chi connectivity index (χ4v) is 3.60. The van der Waals surface area contributed by atoms with Crippen molar-refractivity contribution in [3.63, 3.8) is 0 Å². The van der Waals surface area contributed by atoms with E-state index in [1.807, 2.05) is 0 Å². The predicted molar refractivity (Wildman–Crippen MR) is 71.7 cm³/mol. The van der Waals surface area contributed by atoms with Gasteiger partial charge in [0.1, 0.15) is 11.9 Å². The Morgan fingerprint density at radius 1 is 1.28 bits per heavy atom. The normalized spacial score (nSPS) is 35.8. The second kappa shape index (κ2) is 4.13. The van der Waals surface area contributed by atoms with Crippen LogP contribution in [0.5, 0.6) is 5.75 Å². The van der Waals surface area contributed by atoms with E-state index in [9.17, 15) is 0 Å². The molecular formula is C16H19NO. The first-order valence-electron chi connectivity index (χ1n) is 7.05. The summed E-state index contributed by atoms with van der Waals surface area (Å²) in [4.78, 5) is 0. The molecule has 1 saturated carbocycles. The SMILES string of the molecule is C1=CC2C(C1)CC2NCC1Cc2ccccc2O1. The van der Waals surface area contributed by atoms with E-state index < -0.39 is 0 Å². The van der Waals surface area contributed by atoms with Crippen molar-refractivity contribution < 1.29 is 4.74 Å². The number of nitrogens with one attached hydrogen (secondary N) is 1. The summed E-state index contributed by atoms with van der Waals surface area (Å²) in [6.45, 7) is 0.983.